The van der Waals surface area contributed by atoms with E-state index in [2.05, 4.69) is 15.7 Å². The van der Waals surface area contributed by atoms with Crippen molar-refractivity contribution < 1.29 is 14.3 Å². The van der Waals surface area contributed by atoms with E-state index in [0.29, 0.717) is 26.4 Å². The highest BCUT2D eigenvalue weighted by atomic mass is 16.5. The van der Waals surface area contributed by atoms with Crippen LogP contribution in [-0.4, -0.2) is 62.3 Å². The van der Waals surface area contributed by atoms with Crippen LogP contribution in [0.15, 0.2) is 18.5 Å². The monoisotopic (exact) mass is 296 g/mol. The molecular formula is C14H24N4O3. The van der Waals surface area contributed by atoms with Gasteiger partial charge in [-0.05, 0) is 32.0 Å². The average Bonchev–Trinajstić information content (AvgIpc) is 3.06. The van der Waals surface area contributed by atoms with Crippen molar-refractivity contribution in [2.75, 3.05) is 46.6 Å². The van der Waals surface area contributed by atoms with Gasteiger partial charge < -0.3 is 20.1 Å². The number of aromatic nitrogens is 2. The number of carbonyl (C=O) groups excluding carboxylic acids is 1. The molecule has 1 aromatic heterocycles. The van der Waals surface area contributed by atoms with Gasteiger partial charge in [-0.2, -0.15) is 5.10 Å². The molecule has 1 saturated heterocycles. The Kier molecular flexibility index (Phi) is 6.16. The highest BCUT2D eigenvalue weighted by Gasteiger charge is 2.41. The molecule has 7 nitrogen and oxygen atoms in total. The second kappa shape index (κ2) is 8.11. The average molecular weight is 296 g/mol. The van der Waals surface area contributed by atoms with Crippen molar-refractivity contribution in [2.24, 2.45) is 0 Å². The smallest absolute Gasteiger partial charge is 0.248 e. The minimum Gasteiger partial charge on any atom is -0.382 e. The molecule has 2 heterocycles. The van der Waals surface area contributed by atoms with Crippen molar-refractivity contribution >= 4 is 5.91 Å². The first-order valence-electron chi connectivity index (χ1n) is 7.35. The van der Waals surface area contributed by atoms with E-state index in [4.69, 9.17) is 9.47 Å². The molecule has 2 N–H and O–H groups in total. The molecule has 21 heavy (non-hydrogen) atoms. The normalized spacial score (nSPS) is 17.6. The SMILES string of the molecule is COCCOCCNC(=O)C1(n2cccn2)CCNCC1. The van der Waals surface area contributed by atoms with Gasteiger partial charge in [0.25, 0.3) is 0 Å². The summed E-state index contributed by atoms with van der Waals surface area (Å²) in [6.07, 6.45) is 5.06. The summed E-state index contributed by atoms with van der Waals surface area (Å²) in [6.45, 7) is 3.73. The van der Waals surface area contributed by atoms with Crippen molar-refractivity contribution in [1.29, 1.82) is 0 Å². The van der Waals surface area contributed by atoms with Gasteiger partial charge in [-0.3, -0.25) is 9.48 Å². The van der Waals surface area contributed by atoms with Crippen LogP contribution in [0.4, 0.5) is 0 Å². The summed E-state index contributed by atoms with van der Waals surface area (Å²) in [5.41, 5.74) is -0.582. The Hall–Kier alpha value is -1.44. The zero-order valence-electron chi connectivity index (χ0n) is 12.5. The van der Waals surface area contributed by atoms with Gasteiger partial charge in [0, 0.05) is 26.0 Å². The Morgan fingerprint density at radius 3 is 2.86 bits per heavy atom. The Morgan fingerprint density at radius 1 is 1.38 bits per heavy atom. The molecule has 0 saturated carbocycles. The number of methoxy groups -OCH3 is 1. The van der Waals surface area contributed by atoms with E-state index in [9.17, 15) is 4.79 Å². The van der Waals surface area contributed by atoms with Gasteiger partial charge in [0.1, 0.15) is 5.54 Å². The van der Waals surface area contributed by atoms with Crippen molar-refractivity contribution in [3.63, 3.8) is 0 Å². The van der Waals surface area contributed by atoms with Crippen molar-refractivity contribution in [3.8, 4) is 0 Å². The Labute approximate surface area is 125 Å². The minimum atomic E-state index is -0.582. The third kappa shape index (κ3) is 4.03. The van der Waals surface area contributed by atoms with Crippen molar-refractivity contribution in [3.05, 3.63) is 18.5 Å². The number of nitrogens with zero attached hydrogens (tertiary/aromatic N) is 2. The Morgan fingerprint density at radius 2 is 2.19 bits per heavy atom. The van der Waals surface area contributed by atoms with Crippen LogP contribution >= 0.6 is 0 Å². The number of rotatable bonds is 8. The lowest BCUT2D eigenvalue weighted by Crippen LogP contribution is -2.55. The second-order valence-electron chi connectivity index (χ2n) is 5.09. The van der Waals surface area contributed by atoms with E-state index >= 15 is 0 Å². The van der Waals surface area contributed by atoms with Gasteiger partial charge in [-0.25, -0.2) is 0 Å². The van der Waals surface area contributed by atoms with Crippen molar-refractivity contribution in [1.82, 2.24) is 20.4 Å². The van der Waals surface area contributed by atoms with Gasteiger partial charge in [0.15, 0.2) is 0 Å². The van der Waals surface area contributed by atoms with Crippen LogP contribution in [0.3, 0.4) is 0 Å². The molecule has 0 atom stereocenters. The molecule has 118 valence electrons. The maximum Gasteiger partial charge on any atom is 0.248 e. The van der Waals surface area contributed by atoms with E-state index in [1.807, 2.05) is 12.3 Å². The van der Waals surface area contributed by atoms with E-state index in [1.54, 1.807) is 18.0 Å². The summed E-state index contributed by atoms with van der Waals surface area (Å²) in [4.78, 5) is 12.6. The number of hydrogen-bond donors (Lipinski definition) is 2. The van der Waals surface area contributed by atoms with Crippen LogP contribution in [0.1, 0.15) is 12.8 Å². The number of amides is 1. The number of carbonyl (C=O) groups is 1. The molecule has 0 unspecified atom stereocenters. The standard InChI is InChI=1S/C14H24N4O3/c1-20-11-12-21-10-8-16-13(19)14(3-6-15-7-4-14)18-9-2-5-17-18/h2,5,9,15H,3-4,6-8,10-12H2,1H3,(H,16,19). The number of piperidine rings is 1. The molecule has 0 spiro atoms. The fraction of sp³-hybridized carbons (Fsp3) is 0.714. The summed E-state index contributed by atoms with van der Waals surface area (Å²) in [5.74, 6) is 0.0167. The molecule has 1 aliphatic rings. The van der Waals surface area contributed by atoms with Crippen LogP contribution in [0.25, 0.3) is 0 Å². The molecule has 1 fully saturated rings. The number of nitrogens with one attached hydrogen (secondary N) is 2. The molecule has 2 rings (SSSR count). The lowest BCUT2D eigenvalue weighted by Gasteiger charge is -2.36. The van der Waals surface area contributed by atoms with Gasteiger partial charge in [0.2, 0.25) is 5.91 Å². The van der Waals surface area contributed by atoms with Gasteiger partial charge in [-0.15, -0.1) is 0 Å². The molecule has 1 amide bonds. The van der Waals surface area contributed by atoms with E-state index < -0.39 is 5.54 Å². The molecule has 0 radical (unpaired) electrons. The first-order valence-corrected chi connectivity index (χ1v) is 7.35. The van der Waals surface area contributed by atoms with Crippen LogP contribution in [0.5, 0.6) is 0 Å². The summed E-state index contributed by atoms with van der Waals surface area (Å²) < 4.78 is 12.0. The maximum absolute atomic E-state index is 12.6. The summed E-state index contributed by atoms with van der Waals surface area (Å²) >= 11 is 0. The van der Waals surface area contributed by atoms with Crippen LogP contribution in [0.2, 0.25) is 0 Å². The zero-order valence-corrected chi connectivity index (χ0v) is 12.5. The van der Waals surface area contributed by atoms with Crippen LogP contribution < -0.4 is 10.6 Å². The van der Waals surface area contributed by atoms with Crippen molar-refractivity contribution in [2.45, 2.75) is 18.4 Å². The largest absolute Gasteiger partial charge is 0.382 e. The lowest BCUT2D eigenvalue weighted by molar-refractivity contribution is -0.132. The number of ether oxygens (including phenoxy) is 2. The fourth-order valence-electron chi connectivity index (χ4n) is 2.57. The maximum atomic E-state index is 12.6. The zero-order chi connectivity index (χ0) is 15.0. The van der Waals surface area contributed by atoms with Gasteiger partial charge in [-0.1, -0.05) is 0 Å². The van der Waals surface area contributed by atoms with Crippen LogP contribution in [-0.2, 0) is 19.8 Å². The predicted octanol–water partition coefficient (Wildman–Crippen LogP) is -0.259. The third-order valence-electron chi connectivity index (χ3n) is 3.76. The molecule has 0 aromatic carbocycles. The highest BCUT2D eigenvalue weighted by Crippen LogP contribution is 2.26. The third-order valence-corrected chi connectivity index (χ3v) is 3.76. The molecule has 1 aliphatic heterocycles. The summed E-state index contributed by atoms with van der Waals surface area (Å²) in [6, 6.07) is 1.85. The summed E-state index contributed by atoms with van der Waals surface area (Å²) in [7, 11) is 1.64. The quantitative estimate of drug-likeness (QED) is 0.646. The highest BCUT2D eigenvalue weighted by molar-refractivity contribution is 5.84. The molecular weight excluding hydrogens is 272 g/mol. The van der Waals surface area contributed by atoms with Gasteiger partial charge in [0.05, 0.1) is 19.8 Å². The second-order valence-corrected chi connectivity index (χ2v) is 5.09. The minimum absolute atomic E-state index is 0.0167. The molecule has 0 aliphatic carbocycles. The first kappa shape index (κ1) is 15.9. The van der Waals surface area contributed by atoms with E-state index in [1.165, 1.54) is 0 Å². The lowest BCUT2D eigenvalue weighted by atomic mass is 9.87. The topological polar surface area (TPSA) is 77.4 Å². The fourth-order valence-corrected chi connectivity index (χ4v) is 2.57. The molecule has 1 aromatic rings. The van der Waals surface area contributed by atoms with E-state index in [-0.39, 0.29) is 5.91 Å². The Balaban J connectivity index is 1.87. The summed E-state index contributed by atoms with van der Waals surface area (Å²) in [5, 5.41) is 10.5. The first-order chi connectivity index (χ1) is 10.3. The Bertz CT molecular complexity index is 416. The van der Waals surface area contributed by atoms with E-state index in [0.717, 1.165) is 25.9 Å². The molecule has 7 heteroatoms. The van der Waals surface area contributed by atoms with Crippen LogP contribution in [0, 0.1) is 0 Å². The number of hydrogen-bond acceptors (Lipinski definition) is 5. The predicted molar refractivity (Wildman–Crippen MR) is 78.0 cm³/mol. The van der Waals surface area contributed by atoms with Gasteiger partial charge >= 0.3 is 0 Å². The molecule has 0 bridgehead atoms.